The van der Waals surface area contributed by atoms with E-state index in [-0.39, 0.29) is 10.8 Å². The molecule has 306 valence electrons. The molecule has 0 saturated heterocycles. The minimum atomic E-state index is -0.162. The fraction of sp³-hybridized carbons (Fsp3) is 0.0968. The van der Waals surface area contributed by atoms with Crippen LogP contribution in [0.1, 0.15) is 49.9 Å². The summed E-state index contributed by atoms with van der Waals surface area (Å²) in [4.78, 5) is 2.41. The van der Waals surface area contributed by atoms with Gasteiger partial charge in [-0.3, -0.25) is 0 Å². The summed E-state index contributed by atoms with van der Waals surface area (Å²) in [6.45, 7) is 9.50. The van der Waals surface area contributed by atoms with E-state index in [0.717, 1.165) is 17.1 Å². The molecule has 0 unspecified atom stereocenters. The van der Waals surface area contributed by atoms with Crippen molar-refractivity contribution >= 4 is 28.0 Å². The molecule has 1 heterocycles. The van der Waals surface area contributed by atoms with Crippen molar-refractivity contribution in [3.63, 3.8) is 0 Å². The maximum Gasteiger partial charge on any atom is 0.0584 e. The summed E-state index contributed by atoms with van der Waals surface area (Å²) in [5.41, 5.74) is 23.6. The van der Waals surface area contributed by atoms with E-state index in [9.17, 15) is 0 Å². The van der Waals surface area contributed by atoms with Gasteiger partial charge in [-0.1, -0.05) is 185 Å². The smallest absolute Gasteiger partial charge is 0.0584 e. The molecule has 10 aromatic rings. The molecule has 9 aromatic carbocycles. The maximum absolute atomic E-state index is 2.50. The van der Waals surface area contributed by atoms with Gasteiger partial charge in [0.25, 0.3) is 0 Å². The zero-order chi connectivity index (χ0) is 43.2. The number of benzene rings is 9. The predicted octanol–water partition coefficient (Wildman–Crippen LogP) is 16.7. The maximum atomic E-state index is 2.50. The first kappa shape index (κ1) is 38.0. The van der Waals surface area contributed by atoms with Crippen LogP contribution < -0.4 is 4.90 Å². The Morgan fingerprint density at radius 1 is 0.344 bits per heavy atom. The van der Waals surface area contributed by atoms with E-state index >= 15 is 0 Å². The van der Waals surface area contributed by atoms with Crippen molar-refractivity contribution in [1.82, 2.24) is 4.57 Å². The fourth-order valence-electron chi connectivity index (χ4n) is 10.9. The van der Waals surface area contributed by atoms with Gasteiger partial charge in [0.05, 0.1) is 11.2 Å². The van der Waals surface area contributed by atoms with Gasteiger partial charge >= 0.3 is 0 Å². The first-order valence-corrected chi connectivity index (χ1v) is 22.5. The van der Waals surface area contributed by atoms with Gasteiger partial charge in [0.2, 0.25) is 0 Å². The van der Waals surface area contributed by atoms with Crippen LogP contribution in [-0.4, -0.2) is 4.57 Å². The highest BCUT2D eigenvalue weighted by Crippen LogP contribution is 2.55. The number of fused-ring (bicyclic) bond motifs is 8. The minimum Gasteiger partial charge on any atom is -0.310 e. The average molecular weight is 821 g/mol. The van der Waals surface area contributed by atoms with E-state index in [1.807, 2.05) is 0 Å². The monoisotopic (exact) mass is 820 g/mol. The first-order chi connectivity index (χ1) is 31.3. The molecule has 0 saturated carbocycles. The molecule has 12 rings (SSSR count). The van der Waals surface area contributed by atoms with Crippen molar-refractivity contribution in [2.24, 2.45) is 0 Å². The Hall–Kier alpha value is -7.68. The Balaban J connectivity index is 0.962. The summed E-state index contributed by atoms with van der Waals surface area (Å²) in [5, 5.41) is 1.30. The Labute approximate surface area is 376 Å². The van der Waals surface area contributed by atoms with Gasteiger partial charge in [-0.25, -0.2) is 0 Å². The number of nitrogens with zero attached hydrogens (tertiary/aromatic N) is 2. The molecule has 0 bridgehead atoms. The molecular formula is C62H48N2. The van der Waals surface area contributed by atoms with Crippen molar-refractivity contribution in [1.29, 1.82) is 0 Å². The Bertz CT molecular complexity index is 3390. The van der Waals surface area contributed by atoms with Crippen LogP contribution in [0.5, 0.6) is 0 Å². The summed E-state index contributed by atoms with van der Waals surface area (Å²) in [7, 11) is 0. The van der Waals surface area contributed by atoms with Gasteiger partial charge in [0.15, 0.2) is 0 Å². The molecule has 0 fully saturated rings. The molecule has 0 aliphatic heterocycles. The Kier molecular flexibility index (Phi) is 8.58. The largest absolute Gasteiger partial charge is 0.310 e. The third-order valence-electron chi connectivity index (χ3n) is 14.2. The van der Waals surface area contributed by atoms with Gasteiger partial charge in [0.1, 0.15) is 0 Å². The van der Waals surface area contributed by atoms with Crippen LogP contribution in [-0.2, 0) is 10.8 Å². The minimum absolute atomic E-state index is 0.103. The molecule has 0 spiro atoms. The zero-order valence-corrected chi connectivity index (χ0v) is 36.7. The summed E-state index contributed by atoms with van der Waals surface area (Å²) in [6, 6.07) is 80.6. The van der Waals surface area contributed by atoms with E-state index < -0.39 is 0 Å². The molecule has 1 aromatic heterocycles. The first-order valence-electron chi connectivity index (χ1n) is 22.5. The third kappa shape index (κ3) is 5.86. The highest BCUT2D eigenvalue weighted by Gasteiger charge is 2.41. The molecule has 2 nitrogen and oxygen atoms in total. The highest BCUT2D eigenvalue weighted by atomic mass is 15.1. The second-order valence-corrected chi connectivity index (χ2v) is 18.6. The van der Waals surface area contributed by atoms with Crippen LogP contribution in [0, 0.1) is 0 Å². The van der Waals surface area contributed by atoms with E-state index in [4.69, 9.17) is 0 Å². The summed E-state index contributed by atoms with van der Waals surface area (Å²) < 4.78 is 2.50. The van der Waals surface area contributed by atoms with Crippen LogP contribution in [0.2, 0.25) is 0 Å². The summed E-state index contributed by atoms with van der Waals surface area (Å²) >= 11 is 0. The van der Waals surface area contributed by atoms with Crippen LogP contribution >= 0.6 is 0 Å². The zero-order valence-electron chi connectivity index (χ0n) is 36.7. The van der Waals surface area contributed by atoms with E-state index in [1.54, 1.807) is 0 Å². The van der Waals surface area contributed by atoms with E-state index in [2.05, 4.69) is 256 Å². The van der Waals surface area contributed by atoms with Gasteiger partial charge in [-0.15, -0.1) is 0 Å². The molecule has 64 heavy (non-hydrogen) atoms. The predicted molar refractivity (Wildman–Crippen MR) is 269 cm³/mol. The van der Waals surface area contributed by atoms with Gasteiger partial charge < -0.3 is 9.47 Å². The summed E-state index contributed by atoms with van der Waals surface area (Å²) in [5.74, 6) is 0. The van der Waals surface area contributed by atoms with Crippen LogP contribution in [0.25, 0.3) is 72.4 Å². The van der Waals surface area contributed by atoms with Crippen molar-refractivity contribution in [3.05, 3.63) is 241 Å². The van der Waals surface area contributed by atoms with Gasteiger partial charge in [-0.05, 0) is 127 Å². The van der Waals surface area contributed by atoms with Crippen LogP contribution in [0.3, 0.4) is 0 Å². The molecule has 0 atom stereocenters. The van der Waals surface area contributed by atoms with Crippen LogP contribution in [0.4, 0.5) is 17.1 Å². The van der Waals surface area contributed by atoms with Crippen molar-refractivity contribution in [2.75, 3.05) is 4.90 Å². The Morgan fingerprint density at radius 2 is 0.797 bits per heavy atom. The summed E-state index contributed by atoms with van der Waals surface area (Å²) in [6.07, 6.45) is 0. The molecule has 0 N–H and O–H groups in total. The second kappa shape index (κ2) is 14.4. The lowest BCUT2D eigenvalue weighted by molar-refractivity contribution is 0.660. The molecule has 2 heteroatoms. The molecule has 2 aliphatic carbocycles. The van der Waals surface area contributed by atoms with E-state index in [1.165, 1.54) is 94.6 Å². The molecular weight excluding hydrogens is 773 g/mol. The number of aromatic nitrogens is 1. The van der Waals surface area contributed by atoms with Crippen molar-refractivity contribution in [2.45, 2.75) is 38.5 Å². The number of rotatable bonds is 7. The van der Waals surface area contributed by atoms with Crippen LogP contribution in [0.15, 0.2) is 218 Å². The Morgan fingerprint density at radius 3 is 1.41 bits per heavy atom. The highest BCUT2D eigenvalue weighted by molar-refractivity contribution is 6.01. The topological polar surface area (TPSA) is 8.17 Å². The molecule has 0 amide bonds. The lowest BCUT2D eigenvalue weighted by Gasteiger charge is -2.28. The van der Waals surface area contributed by atoms with E-state index in [0.29, 0.717) is 0 Å². The third-order valence-corrected chi connectivity index (χ3v) is 14.2. The quantitative estimate of drug-likeness (QED) is 0.155. The molecule has 2 aliphatic rings. The lowest BCUT2D eigenvalue weighted by Crippen LogP contribution is -2.16. The van der Waals surface area contributed by atoms with Gasteiger partial charge in [0, 0.05) is 44.5 Å². The van der Waals surface area contributed by atoms with Crippen molar-refractivity contribution < 1.29 is 0 Å². The fourth-order valence-corrected chi connectivity index (χ4v) is 10.9. The second-order valence-electron chi connectivity index (χ2n) is 18.6. The number of hydrogen-bond donors (Lipinski definition) is 0. The van der Waals surface area contributed by atoms with Gasteiger partial charge in [-0.2, -0.15) is 0 Å². The average Bonchev–Trinajstić information content (AvgIpc) is 3.90. The lowest BCUT2D eigenvalue weighted by atomic mass is 9.81. The molecule has 0 radical (unpaired) electrons. The SMILES string of the molecule is CC1(C)c2ccccc2-c2ccc(N(c3ccc(-c4ccccc4)cc3)c3ccc(-c4ccc5c(c4)c4c(n5-c5ccc(-c6ccccc6)cc5)-c5ccccc5C4(C)C)cc3)cc21. The van der Waals surface area contributed by atoms with Crippen molar-refractivity contribution in [3.8, 4) is 61.5 Å². The standard InChI is InChI=1S/C62H48N2/c1-61(2)55-21-13-11-19-51(55)52-37-36-50(40-57(52)61)63(47-30-23-43(24-31-47)41-15-7-5-8-16-41)48-32-27-45(28-33-48)46-29-38-58-54(39-46)59-60(53-20-12-14-22-56(53)62(59,3)4)64(58)49-34-25-44(26-35-49)42-17-9-6-10-18-42/h5-40H,1-4H3. The number of hydrogen-bond acceptors (Lipinski definition) is 1. The normalized spacial score (nSPS) is 13.9. The number of anilines is 3.